The van der Waals surface area contributed by atoms with Crippen molar-refractivity contribution in [2.24, 2.45) is 0 Å². The molecular weight excluding hydrogens is 418 g/mol. The highest BCUT2D eigenvalue weighted by molar-refractivity contribution is 6.05. The molecule has 0 amide bonds. The van der Waals surface area contributed by atoms with Gasteiger partial charge in [-0.15, -0.1) is 0 Å². The predicted molar refractivity (Wildman–Crippen MR) is 129 cm³/mol. The van der Waals surface area contributed by atoms with Gasteiger partial charge in [0.05, 0.1) is 31.6 Å². The molecule has 1 fully saturated rings. The third-order valence-electron chi connectivity index (χ3n) is 6.14. The Morgan fingerprint density at radius 2 is 1.76 bits per heavy atom. The van der Waals surface area contributed by atoms with Gasteiger partial charge in [0.1, 0.15) is 6.61 Å². The zero-order valence-corrected chi connectivity index (χ0v) is 19.6. The maximum absolute atomic E-state index is 12.6. The van der Waals surface area contributed by atoms with Crippen molar-refractivity contribution in [1.29, 1.82) is 0 Å². The van der Waals surface area contributed by atoms with Crippen LogP contribution in [0.3, 0.4) is 0 Å². The number of morpholine rings is 1. The second-order valence-electron chi connectivity index (χ2n) is 8.47. The van der Waals surface area contributed by atoms with Crippen LogP contribution in [-0.4, -0.2) is 56.7 Å². The molecule has 0 aliphatic carbocycles. The number of aryl methyl sites for hydroxylation is 2. The average molecular weight is 452 g/mol. The molecule has 2 heterocycles. The first-order chi connectivity index (χ1) is 16.1. The van der Waals surface area contributed by atoms with Gasteiger partial charge in [-0.1, -0.05) is 30.3 Å². The molecule has 1 aromatic heterocycles. The molecule has 0 bridgehead atoms. The molecule has 3 aromatic rings. The smallest absolute Gasteiger partial charge is 0.205 e. The van der Waals surface area contributed by atoms with Gasteiger partial charge in [-0.2, -0.15) is 0 Å². The van der Waals surface area contributed by atoms with Gasteiger partial charge in [0, 0.05) is 25.0 Å². The molecule has 6 nitrogen and oxygen atoms in total. The van der Waals surface area contributed by atoms with Gasteiger partial charge in [-0.05, 0) is 50.3 Å². The third kappa shape index (κ3) is 5.75. The topological polar surface area (TPSA) is 61.1 Å². The summed E-state index contributed by atoms with van der Waals surface area (Å²) in [6.45, 7) is 8.56. The fourth-order valence-corrected chi connectivity index (χ4v) is 4.35. The summed E-state index contributed by atoms with van der Waals surface area (Å²) >= 11 is 0. The van der Waals surface area contributed by atoms with Gasteiger partial charge in [-0.25, -0.2) is 0 Å². The second-order valence-corrected chi connectivity index (χ2v) is 8.47. The second kappa shape index (κ2) is 11.3. The van der Waals surface area contributed by atoms with Crippen LogP contribution in [0.1, 0.15) is 41.3 Å². The first-order valence-corrected chi connectivity index (χ1v) is 11.8. The maximum atomic E-state index is 12.6. The number of ketones is 1. The summed E-state index contributed by atoms with van der Waals surface area (Å²) in [5.74, 6) is 0.997. The lowest BCUT2D eigenvalue weighted by atomic mass is 9.99. The zero-order valence-electron chi connectivity index (χ0n) is 19.6. The lowest BCUT2D eigenvalue weighted by molar-refractivity contribution is 0.0320. The molecule has 176 valence electrons. The van der Waals surface area contributed by atoms with E-state index in [1.165, 1.54) is 5.56 Å². The fourth-order valence-electron chi connectivity index (χ4n) is 4.35. The molecule has 1 saturated heterocycles. The minimum atomic E-state index is -0.0362. The van der Waals surface area contributed by atoms with Crippen molar-refractivity contribution in [3.8, 4) is 11.5 Å². The average Bonchev–Trinajstić information content (AvgIpc) is 3.32. The van der Waals surface area contributed by atoms with E-state index in [1.54, 1.807) is 13.2 Å². The van der Waals surface area contributed by atoms with E-state index >= 15 is 0 Å². The zero-order chi connectivity index (χ0) is 23.0. The van der Waals surface area contributed by atoms with Crippen LogP contribution in [-0.2, 0) is 11.2 Å². The highest BCUT2D eigenvalue weighted by Crippen LogP contribution is 2.43. The highest BCUT2D eigenvalue weighted by Gasteiger charge is 2.25. The lowest BCUT2D eigenvalue weighted by Crippen LogP contribution is -2.38. The maximum Gasteiger partial charge on any atom is 0.205 e. The Balaban J connectivity index is 1.48. The largest absolute Gasteiger partial charge is 0.487 e. The number of furan rings is 1. The highest BCUT2D eigenvalue weighted by atomic mass is 16.5. The number of ether oxygens (including phenoxy) is 3. The molecule has 33 heavy (non-hydrogen) atoms. The normalized spacial score (nSPS) is 14.5. The number of hydrogen-bond acceptors (Lipinski definition) is 6. The standard InChI is InChI=1S/C27H33NO5/c1-20-23-11-16-32-25(23)27(31-15-7-6-10-22-8-4-3-5-9-22)26(24(20)21(2)29)33-19-14-28-12-17-30-18-13-28/h3-5,8-9,11,16H,6-7,10,12-15,17-19H2,1-2H3. The van der Waals surface area contributed by atoms with E-state index in [9.17, 15) is 4.79 Å². The van der Waals surface area contributed by atoms with Gasteiger partial charge in [0.15, 0.2) is 17.1 Å². The van der Waals surface area contributed by atoms with E-state index < -0.39 is 0 Å². The monoisotopic (exact) mass is 451 g/mol. The molecule has 0 spiro atoms. The van der Waals surface area contributed by atoms with Crippen molar-refractivity contribution in [2.75, 3.05) is 46.1 Å². The quantitative estimate of drug-likeness (QED) is 0.300. The molecule has 0 unspecified atom stereocenters. The Labute approximate surface area is 195 Å². The number of hydrogen-bond donors (Lipinski definition) is 0. The molecule has 2 aromatic carbocycles. The van der Waals surface area contributed by atoms with Crippen molar-refractivity contribution in [3.05, 3.63) is 59.4 Å². The molecule has 1 aliphatic rings. The van der Waals surface area contributed by atoms with Crippen molar-refractivity contribution >= 4 is 16.8 Å². The van der Waals surface area contributed by atoms with E-state index in [0.29, 0.717) is 35.9 Å². The first-order valence-electron chi connectivity index (χ1n) is 11.8. The summed E-state index contributed by atoms with van der Waals surface area (Å²) in [7, 11) is 0. The van der Waals surface area contributed by atoms with E-state index in [-0.39, 0.29) is 5.78 Å². The Bertz CT molecular complexity index is 1050. The Morgan fingerprint density at radius 1 is 1.00 bits per heavy atom. The summed E-state index contributed by atoms with van der Waals surface area (Å²) in [4.78, 5) is 14.9. The van der Waals surface area contributed by atoms with Crippen LogP contribution in [0.5, 0.6) is 11.5 Å². The van der Waals surface area contributed by atoms with Crippen molar-refractivity contribution in [1.82, 2.24) is 4.90 Å². The van der Waals surface area contributed by atoms with E-state index in [1.807, 2.05) is 19.1 Å². The third-order valence-corrected chi connectivity index (χ3v) is 6.14. The van der Waals surface area contributed by atoms with Crippen LogP contribution in [0.15, 0.2) is 47.1 Å². The Kier molecular flexibility index (Phi) is 8.02. The minimum absolute atomic E-state index is 0.0362. The van der Waals surface area contributed by atoms with Crippen LogP contribution >= 0.6 is 0 Å². The first kappa shape index (κ1) is 23.3. The van der Waals surface area contributed by atoms with E-state index in [4.69, 9.17) is 18.6 Å². The summed E-state index contributed by atoms with van der Waals surface area (Å²) in [5, 5.41) is 0.889. The number of fused-ring (bicyclic) bond motifs is 1. The minimum Gasteiger partial charge on any atom is -0.487 e. The Morgan fingerprint density at radius 3 is 2.52 bits per heavy atom. The number of benzene rings is 2. The van der Waals surface area contributed by atoms with E-state index in [0.717, 1.165) is 63.1 Å². The molecule has 4 rings (SSSR count). The van der Waals surface area contributed by atoms with Crippen molar-refractivity contribution in [2.45, 2.75) is 33.1 Å². The molecule has 0 N–H and O–H groups in total. The van der Waals surface area contributed by atoms with Crippen LogP contribution in [0.2, 0.25) is 0 Å². The number of unbranched alkanes of at least 4 members (excludes halogenated alkanes) is 1. The number of carbonyl (C=O) groups excluding carboxylic acids is 1. The predicted octanol–water partition coefficient (Wildman–Crippen LogP) is 5.06. The molecular formula is C27H33NO5. The van der Waals surface area contributed by atoms with Crippen LogP contribution in [0, 0.1) is 6.92 Å². The lowest BCUT2D eigenvalue weighted by Gasteiger charge is -2.27. The van der Waals surface area contributed by atoms with Crippen LogP contribution in [0.25, 0.3) is 11.0 Å². The van der Waals surface area contributed by atoms with Gasteiger partial charge in [0.25, 0.3) is 0 Å². The van der Waals surface area contributed by atoms with Gasteiger partial charge in [-0.3, -0.25) is 9.69 Å². The molecule has 0 saturated carbocycles. The Hall–Kier alpha value is -2.83. The number of Topliss-reactive ketones (excluding diaryl/α,β-unsaturated/α-hetero) is 1. The van der Waals surface area contributed by atoms with Crippen LogP contribution in [0.4, 0.5) is 0 Å². The van der Waals surface area contributed by atoms with Gasteiger partial charge in [0.2, 0.25) is 5.75 Å². The number of carbonyl (C=O) groups is 1. The van der Waals surface area contributed by atoms with Crippen molar-refractivity contribution in [3.63, 3.8) is 0 Å². The van der Waals surface area contributed by atoms with E-state index in [2.05, 4.69) is 29.2 Å². The number of rotatable bonds is 11. The fraction of sp³-hybridized carbons (Fsp3) is 0.444. The van der Waals surface area contributed by atoms with Gasteiger partial charge >= 0.3 is 0 Å². The summed E-state index contributed by atoms with van der Waals surface area (Å²) in [6.07, 6.45) is 4.56. The SMILES string of the molecule is CC(=O)c1c(OCCN2CCOCC2)c(OCCCCc2ccccc2)c2occc2c1C. The van der Waals surface area contributed by atoms with Crippen LogP contribution < -0.4 is 9.47 Å². The summed E-state index contributed by atoms with van der Waals surface area (Å²) in [5.41, 5.74) is 3.41. The summed E-state index contributed by atoms with van der Waals surface area (Å²) < 4.78 is 23.7. The number of nitrogens with zero attached hydrogens (tertiary/aromatic N) is 1. The van der Waals surface area contributed by atoms with Gasteiger partial charge < -0.3 is 18.6 Å². The summed E-state index contributed by atoms with van der Waals surface area (Å²) in [6, 6.07) is 12.3. The molecule has 6 heteroatoms. The molecule has 0 atom stereocenters. The van der Waals surface area contributed by atoms with Crippen molar-refractivity contribution < 1.29 is 23.4 Å². The molecule has 1 aliphatic heterocycles. The molecule has 0 radical (unpaired) electrons.